The summed E-state index contributed by atoms with van der Waals surface area (Å²) >= 11 is 0. The molecule has 4 rings (SSSR count). The summed E-state index contributed by atoms with van der Waals surface area (Å²) in [6.45, 7) is 5.02. The summed E-state index contributed by atoms with van der Waals surface area (Å²) in [4.78, 5) is 15.1. The SMILES string of the molecule is CN1CCN(c2cc(N3CCN(S(=O)(=O)c4ccc(OC(F)(F)F)cc4)CC3)ncn2)CC1. The van der Waals surface area contributed by atoms with Gasteiger partial charge >= 0.3 is 6.36 Å². The van der Waals surface area contributed by atoms with Crippen LogP contribution in [0.1, 0.15) is 0 Å². The van der Waals surface area contributed by atoms with E-state index in [0.717, 1.165) is 62.1 Å². The van der Waals surface area contributed by atoms with Crippen molar-refractivity contribution < 1.29 is 26.3 Å². The fraction of sp³-hybridized carbons (Fsp3) is 0.500. The first-order valence-electron chi connectivity index (χ1n) is 10.5. The zero-order valence-electron chi connectivity index (χ0n) is 18.1. The van der Waals surface area contributed by atoms with E-state index >= 15 is 0 Å². The lowest BCUT2D eigenvalue weighted by molar-refractivity contribution is -0.274. The maximum absolute atomic E-state index is 12.9. The van der Waals surface area contributed by atoms with E-state index in [0.29, 0.717) is 13.1 Å². The Morgan fingerprint density at radius 3 is 1.88 bits per heavy atom. The van der Waals surface area contributed by atoms with E-state index in [1.54, 1.807) is 0 Å². The Morgan fingerprint density at radius 1 is 0.848 bits per heavy atom. The van der Waals surface area contributed by atoms with Gasteiger partial charge in [-0.15, -0.1) is 13.2 Å². The lowest BCUT2D eigenvalue weighted by Crippen LogP contribution is -2.49. The molecule has 0 radical (unpaired) electrons. The summed E-state index contributed by atoms with van der Waals surface area (Å²) in [6, 6.07) is 6.16. The van der Waals surface area contributed by atoms with Gasteiger partial charge in [-0.1, -0.05) is 0 Å². The van der Waals surface area contributed by atoms with E-state index in [1.165, 1.54) is 10.6 Å². The first kappa shape index (κ1) is 23.5. The zero-order valence-corrected chi connectivity index (χ0v) is 18.9. The van der Waals surface area contributed by atoms with E-state index in [-0.39, 0.29) is 18.0 Å². The van der Waals surface area contributed by atoms with Crippen LogP contribution >= 0.6 is 0 Å². The van der Waals surface area contributed by atoms with Gasteiger partial charge in [0.05, 0.1) is 4.90 Å². The highest BCUT2D eigenvalue weighted by molar-refractivity contribution is 7.89. The van der Waals surface area contributed by atoms with Crippen molar-refractivity contribution in [2.45, 2.75) is 11.3 Å². The van der Waals surface area contributed by atoms with Gasteiger partial charge in [-0.2, -0.15) is 4.31 Å². The molecular weight excluding hydrogens is 461 g/mol. The summed E-state index contributed by atoms with van der Waals surface area (Å²) in [5.74, 6) is 1.13. The van der Waals surface area contributed by atoms with Crippen LogP contribution < -0.4 is 14.5 Å². The van der Waals surface area contributed by atoms with Gasteiger partial charge in [0.15, 0.2) is 0 Å². The van der Waals surface area contributed by atoms with Gasteiger partial charge < -0.3 is 19.4 Å². The van der Waals surface area contributed by atoms with Crippen LogP contribution in [0.3, 0.4) is 0 Å². The fourth-order valence-electron chi connectivity index (χ4n) is 3.84. The predicted octanol–water partition coefficient (Wildman–Crippen LogP) is 1.64. The number of ether oxygens (including phenoxy) is 1. The molecule has 2 aliphatic heterocycles. The largest absolute Gasteiger partial charge is 0.573 e. The minimum Gasteiger partial charge on any atom is -0.406 e. The van der Waals surface area contributed by atoms with Crippen LogP contribution in [0.15, 0.2) is 41.6 Å². The summed E-state index contributed by atoms with van der Waals surface area (Å²) in [6.07, 6.45) is -3.31. The molecule has 2 saturated heterocycles. The number of benzene rings is 1. The molecule has 2 fully saturated rings. The third-order valence-electron chi connectivity index (χ3n) is 5.72. The fourth-order valence-corrected chi connectivity index (χ4v) is 5.26. The van der Waals surface area contributed by atoms with Gasteiger partial charge in [-0.05, 0) is 31.3 Å². The second-order valence-electron chi connectivity index (χ2n) is 7.94. The van der Waals surface area contributed by atoms with Crippen LogP contribution in [0.2, 0.25) is 0 Å². The number of likely N-dealkylation sites (N-methyl/N-ethyl adjacent to an activating group) is 1. The molecule has 0 N–H and O–H groups in total. The van der Waals surface area contributed by atoms with E-state index < -0.39 is 22.1 Å². The number of aromatic nitrogens is 2. The zero-order chi connectivity index (χ0) is 23.6. The smallest absolute Gasteiger partial charge is 0.406 e. The van der Waals surface area contributed by atoms with Crippen LogP contribution in [-0.4, -0.2) is 93.4 Å². The molecule has 0 aliphatic carbocycles. The molecule has 9 nitrogen and oxygen atoms in total. The Kier molecular flexibility index (Phi) is 6.64. The number of anilines is 2. The lowest BCUT2D eigenvalue weighted by atomic mass is 10.3. The Balaban J connectivity index is 1.39. The maximum Gasteiger partial charge on any atom is 0.573 e. The van der Waals surface area contributed by atoms with E-state index in [1.807, 2.05) is 11.0 Å². The highest BCUT2D eigenvalue weighted by atomic mass is 32.2. The highest BCUT2D eigenvalue weighted by Gasteiger charge is 2.32. The van der Waals surface area contributed by atoms with Gasteiger partial charge in [0.1, 0.15) is 23.7 Å². The molecule has 0 spiro atoms. The summed E-state index contributed by atoms with van der Waals surface area (Å²) in [7, 11) is -1.75. The number of rotatable bonds is 5. The van der Waals surface area contributed by atoms with E-state index in [2.05, 4.69) is 31.6 Å². The van der Waals surface area contributed by atoms with Crippen LogP contribution in [0.4, 0.5) is 24.8 Å². The molecule has 13 heteroatoms. The number of hydrogen-bond donors (Lipinski definition) is 0. The third kappa shape index (κ3) is 5.65. The van der Waals surface area contributed by atoms with E-state index in [4.69, 9.17) is 0 Å². The van der Waals surface area contributed by atoms with Gasteiger partial charge in [-0.3, -0.25) is 0 Å². The number of alkyl halides is 3. The van der Waals surface area contributed by atoms with Gasteiger partial charge in [0, 0.05) is 58.4 Å². The van der Waals surface area contributed by atoms with Crippen molar-refractivity contribution in [2.75, 3.05) is 69.2 Å². The lowest BCUT2D eigenvalue weighted by Gasteiger charge is -2.36. The second kappa shape index (κ2) is 9.31. The topological polar surface area (TPSA) is 82.1 Å². The molecule has 3 heterocycles. The summed E-state index contributed by atoms with van der Waals surface area (Å²) in [5.41, 5.74) is 0. The molecule has 0 amide bonds. The van der Waals surface area contributed by atoms with Gasteiger partial charge in [0.2, 0.25) is 10.0 Å². The summed E-state index contributed by atoms with van der Waals surface area (Å²) < 4.78 is 67.9. The summed E-state index contributed by atoms with van der Waals surface area (Å²) in [5, 5.41) is 0. The van der Waals surface area contributed by atoms with Crippen molar-refractivity contribution in [1.29, 1.82) is 0 Å². The number of piperazine rings is 2. The minimum absolute atomic E-state index is 0.0788. The average Bonchev–Trinajstić information content (AvgIpc) is 2.79. The van der Waals surface area contributed by atoms with Crippen LogP contribution in [0, 0.1) is 0 Å². The van der Waals surface area contributed by atoms with Gasteiger partial charge in [-0.25, -0.2) is 18.4 Å². The standard InChI is InChI=1S/C20H25F3N6O3S/c1-26-6-8-27(9-7-26)18-14-19(25-15-24-18)28-10-12-29(13-11-28)33(30,31)17-4-2-16(3-5-17)32-20(21,22)23/h2-5,14-15H,6-13H2,1H3. The van der Waals surface area contributed by atoms with Crippen molar-refractivity contribution >= 4 is 21.7 Å². The van der Waals surface area contributed by atoms with Crippen LogP contribution in [-0.2, 0) is 10.0 Å². The molecule has 33 heavy (non-hydrogen) atoms. The third-order valence-corrected chi connectivity index (χ3v) is 7.64. The first-order valence-corrected chi connectivity index (χ1v) is 11.9. The molecular formula is C20H25F3N6O3S. The number of hydrogen-bond acceptors (Lipinski definition) is 8. The van der Waals surface area contributed by atoms with Crippen molar-refractivity contribution in [3.63, 3.8) is 0 Å². The number of sulfonamides is 1. The Labute approximate surface area is 190 Å². The van der Waals surface area contributed by atoms with Crippen molar-refractivity contribution in [3.05, 3.63) is 36.7 Å². The van der Waals surface area contributed by atoms with Crippen LogP contribution in [0.25, 0.3) is 0 Å². The molecule has 1 aromatic heterocycles. The number of nitrogens with zero attached hydrogens (tertiary/aromatic N) is 6. The van der Waals surface area contributed by atoms with Crippen molar-refractivity contribution in [2.24, 2.45) is 0 Å². The van der Waals surface area contributed by atoms with E-state index in [9.17, 15) is 21.6 Å². The van der Waals surface area contributed by atoms with Gasteiger partial charge in [0.25, 0.3) is 0 Å². The Hall–Kier alpha value is -2.64. The Bertz CT molecular complexity index is 1050. The van der Waals surface area contributed by atoms with Crippen molar-refractivity contribution in [1.82, 2.24) is 19.2 Å². The molecule has 2 aliphatic rings. The molecule has 1 aromatic carbocycles. The highest BCUT2D eigenvalue weighted by Crippen LogP contribution is 2.26. The molecule has 0 bridgehead atoms. The van der Waals surface area contributed by atoms with Crippen molar-refractivity contribution in [3.8, 4) is 5.75 Å². The quantitative estimate of drug-likeness (QED) is 0.631. The maximum atomic E-state index is 12.9. The molecule has 0 unspecified atom stereocenters. The monoisotopic (exact) mass is 486 g/mol. The molecule has 2 aromatic rings. The second-order valence-corrected chi connectivity index (χ2v) is 9.87. The van der Waals surface area contributed by atoms with Crippen LogP contribution in [0.5, 0.6) is 5.75 Å². The molecule has 0 atom stereocenters. The number of halogens is 3. The molecule has 180 valence electrons. The average molecular weight is 487 g/mol. The normalized spacial score (nSPS) is 19.0. The predicted molar refractivity (Wildman–Crippen MR) is 116 cm³/mol. The minimum atomic E-state index is -4.83. The Morgan fingerprint density at radius 2 is 1.36 bits per heavy atom. The first-order chi connectivity index (χ1) is 15.6. The molecule has 0 saturated carbocycles.